The Morgan fingerprint density at radius 1 is 1.11 bits per heavy atom. The molecular formula is C36H49N7O9S2. The molecule has 3 heterocycles. The molecule has 3 aliphatic rings. The van der Waals surface area contributed by atoms with Gasteiger partial charge in [-0.05, 0) is 63.5 Å². The van der Waals surface area contributed by atoms with Crippen molar-refractivity contribution in [3.05, 3.63) is 59.1 Å². The number of anilines is 1. The van der Waals surface area contributed by atoms with Gasteiger partial charge < -0.3 is 25.4 Å². The molecule has 54 heavy (non-hydrogen) atoms. The Morgan fingerprint density at radius 3 is 2.44 bits per heavy atom. The lowest BCUT2D eigenvalue weighted by Gasteiger charge is -2.28. The van der Waals surface area contributed by atoms with Gasteiger partial charge in [0.2, 0.25) is 17.7 Å². The molecule has 1 saturated carbocycles. The molecule has 1 aromatic carbocycles. The number of benzene rings is 1. The molecule has 2 aromatic rings. The highest BCUT2D eigenvalue weighted by atomic mass is 32.2. The van der Waals surface area contributed by atoms with Crippen LogP contribution in [-0.2, 0) is 47.2 Å². The van der Waals surface area contributed by atoms with E-state index in [-0.39, 0.29) is 30.4 Å². The van der Waals surface area contributed by atoms with Crippen molar-refractivity contribution in [3.8, 4) is 0 Å². The second-order valence-corrected chi connectivity index (χ2v) is 17.5. The summed E-state index contributed by atoms with van der Waals surface area (Å²) in [5.74, 6) is -1.96. The predicted octanol–water partition coefficient (Wildman–Crippen LogP) is 3.95. The van der Waals surface area contributed by atoms with E-state index in [0.717, 1.165) is 28.9 Å². The summed E-state index contributed by atoms with van der Waals surface area (Å²) in [7, 11) is -4.10. The van der Waals surface area contributed by atoms with E-state index < -0.39 is 69.3 Å². The number of carbonyl (C=O) groups is 5. The second-order valence-electron chi connectivity index (χ2n) is 15.1. The minimum Gasteiger partial charge on any atom is -0.444 e. The largest absolute Gasteiger partial charge is 0.444 e. The summed E-state index contributed by atoms with van der Waals surface area (Å²) in [6.45, 7) is 7.58. The van der Waals surface area contributed by atoms with Crippen LogP contribution < -0.4 is 20.5 Å². The highest BCUT2D eigenvalue weighted by Gasteiger charge is 2.55. The Balaban J connectivity index is 1.11. The summed E-state index contributed by atoms with van der Waals surface area (Å²) in [4.78, 5) is 71.7. The number of hydrogen-bond acceptors (Lipinski definition) is 11. The summed E-state index contributed by atoms with van der Waals surface area (Å²) in [6, 6.07) is 5.66. The number of amides is 5. The van der Waals surface area contributed by atoms with E-state index in [0.29, 0.717) is 38.8 Å². The molecule has 5 rings (SSSR count). The molecule has 2 aliphatic heterocycles. The van der Waals surface area contributed by atoms with Crippen molar-refractivity contribution in [1.82, 2.24) is 24.8 Å². The summed E-state index contributed by atoms with van der Waals surface area (Å²) < 4.78 is 40.1. The van der Waals surface area contributed by atoms with E-state index in [1.54, 1.807) is 38.0 Å². The van der Waals surface area contributed by atoms with E-state index in [4.69, 9.17) is 15.2 Å². The van der Waals surface area contributed by atoms with Crippen LogP contribution in [0.15, 0.2) is 48.0 Å². The maximum absolute atomic E-state index is 13.9. The molecule has 0 radical (unpaired) electrons. The van der Waals surface area contributed by atoms with Crippen LogP contribution in [0.25, 0.3) is 0 Å². The number of allylic oxidation sites excluding steroid dienone is 2. The lowest BCUT2D eigenvalue weighted by Crippen LogP contribution is -2.53. The molecule has 18 heteroatoms. The number of ether oxygens (including phenoxy) is 2. The van der Waals surface area contributed by atoms with Crippen LogP contribution in [0.3, 0.4) is 0 Å². The van der Waals surface area contributed by atoms with E-state index in [2.05, 4.69) is 19.7 Å². The van der Waals surface area contributed by atoms with Crippen LogP contribution in [-0.4, -0.2) is 83.4 Å². The first-order chi connectivity index (χ1) is 25.4. The Morgan fingerprint density at radius 2 is 1.81 bits per heavy atom. The number of nitrogens with two attached hydrogens (primary N) is 1. The molecule has 1 aliphatic carbocycles. The number of likely N-dealkylation sites (tertiary alicyclic amines) is 1. The number of alkyl carbamates (subject to hydrolysis) is 1. The molecule has 5 amide bonds. The van der Waals surface area contributed by atoms with E-state index in [1.165, 1.54) is 11.1 Å². The van der Waals surface area contributed by atoms with Gasteiger partial charge in [0.1, 0.15) is 23.8 Å². The maximum Gasteiger partial charge on any atom is 0.410 e. The Bertz CT molecular complexity index is 1820. The summed E-state index contributed by atoms with van der Waals surface area (Å²) in [6.07, 6.45) is 6.72. The van der Waals surface area contributed by atoms with Gasteiger partial charge >= 0.3 is 22.4 Å². The fraction of sp³-hybridized carbons (Fsp3) is 0.556. The third-order valence-electron chi connectivity index (χ3n) is 9.66. The van der Waals surface area contributed by atoms with E-state index in [9.17, 15) is 32.4 Å². The smallest absolute Gasteiger partial charge is 0.410 e. The molecule has 5 atom stereocenters. The van der Waals surface area contributed by atoms with Crippen LogP contribution in [0.5, 0.6) is 0 Å². The molecule has 5 N–H and O–H groups in total. The van der Waals surface area contributed by atoms with Crippen LogP contribution >= 0.6 is 11.3 Å². The zero-order valence-corrected chi connectivity index (χ0v) is 32.5. The van der Waals surface area contributed by atoms with Crippen LogP contribution in [0.2, 0.25) is 0 Å². The Kier molecular flexibility index (Phi) is 12.6. The van der Waals surface area contributed by atoms with Gasteiger partial charge in [0.15, 0.2) is 5.13 Å². The number of nitrogens with one attached hydrogen (secondary N) is 3. The standard InChI is InChI=1S/C36H49N7O9S2/c1-35(2,3)52-33(47)39-27(15-9-7-5-6-8-14-25-19-36(25,4)31(46)40-54(49,50)41-32-38-16-17-53-32)30(45)43-22-26(18-28(43)29(37)44)51-34(48)42-20-23-12-10-11-13-24(23)21-42/h8,10-14,16-17,25-28H,5-7,9,15,18-22H2,1-4H3,(H2,37,44)(H,38,41)(H,39,47)(H,40,46)/b14-8-/t25-,26-,27+,28+,36+/m1/s1. The number of nitrogens with zero attached hydrogens (tertiary/aromatic N) is 3. The van der Waals surface area contributed by atoms with Crippen molar-refractivity contribution >= 4 is 56.6 Å². The fourth-order valence-electron chi connectivity index (χ4n) is 6.62. The third kappa shape index (κ3) is 10.7. The van der Waals surface area contributed by atoms with Crippen molar-refractivity contribution in [2.75, 3.05) is 11.3 Å². The average molecular weight is 788 g/mol. The minimum absolute atomic E-state index is 0.0418. The SMILES string of the molecule is CC(C)(C)OC(=O)N[C@@H](CCCCC/C=C\[C@@H]1C[C@]1(C)C(=O)NS(=O)(=O)Nc1nccs1)C(=O)N1C[C@H](OC(=O)N2Cc3ccccc3C2)C[C@H]1C(N)=O. The topological polar surface area (TPSA) is 219 Å². The molecule has 0 spiro atoms. The number of carbonyl (C=O) groups excluding carboxylic acids is 5. The van der Waals surface area contributed by atoms with Crippen molar-refractivity contribution in [2.24, 2.45) is 17.1 Å². The quantitative estimate of drug-likeness (QED) is 0.150. The summed E-state index contributed by atoms with van der Waals surface area (Å²) in [5.41, 5.74) is 6.11. The second kappa shape index (κ2) is 16.8. The van der Waals surface area contributed by atoms with Crippen molar-refractivity contribution in [1.29, 1.82) is 0 Å². The first-order valence-electron chi connectivity index (χ1n) is 18.0. The molecule has 0 bridgehead atoms. The van der Waals surface area contributed by atoms with Gasteiger partial charge in [-0.25, -0.2) is 24.0 Å². The van der Waals surface area contributed by atoms with Crippen molar-refractivity contribution in [3.63, 3.8) is 0 Å². The lowest BCUT2D eigenvalue weighted by molar-refractivity contribution is -0.139. The molecule has 1 aromatic heterocycles. The molecular weight excluding hydrogens is 739 g/mol. The van der Waals surface area contributed by atoms with Gasteiger partial charge in [-0.1, -0.05) is 56.2 Å². The first-order valence-corrected chi connectivity index (χ1v) is 20.3. The van der Waals surface area contributed by atoms with Gasteiger partial charge in [-0.3, -0.25) is 19.3 Å². The Labute approximate surface area is 319 Å². The highest BCUT2D eigenvalue weighted by molar-refractivity contribution is 7.91. The summed E-state index contributed by atoms with van der Waals surface area (Å²) in [5, 5.41) is 4.44. The van der Waals surface area contributed by atoms with Crippen LogP contribution in [0.1, 0.15) is 83.8 Å². The van der Waals surface area contributed by atoms with Gasteiger partial charge in [-0.2, -0.15) is 8.42 Å². The number of fused-ring (bicyclic) bond motifs is 1. The number of unbranched alkanes of at least 4 members (excludes halogenated alkanes) is 3. The zero-order chi connectivity index (χ0) is 39.3. The highest BCUT2D eigenvalue weighted by Crippen LogP contribution is 2.53. The minimum atomic E-state index is -4.10. The van der Waals surface area contributed by atoms with Crippen LogP contribution in [0.4, 0.5) is 14.7 Å². The van der Waals surface area contributed by atoms with Gasteiger partial charge in [-0.15, -0.1) is 11.3 Å². The zero-order valence-electron chi connectivity index (χ0n) is 30.9. The number of hydrogen-bond donors (Lipinski definition) is 4. The number of thiazole rings is 1. The monoisotopic (exact) mass is 787 g/mol. The normalized spacial score (nSPS) is 22.7. The molecule has 2 fully saturated rings. The first kappa shape index (κ1) is 40.5. The molecule has 1 saturated heterocycles. The van der Waals surface area contributed by atoms with E-state index >= 15 is 0 Å². The number of primary amides is 1. The maximum atomic E-state index is 13.9. The van der Waals surface area contributed by atoms with Crippen molar-refractivity contribution in [2.45, 2.75) is 110 Å². The van der Waals surface area contributed by atoms with Gasteiger partial charge in [0.25, 0.3) is 0 Å². The Hall–Kier alpha value is -4.71. The van der Waals surface area contributed by atoms with Crippen LogP contribution in [0, 0.1) is 11.3 Å². The predicted molar refractivity (Wildman–Crippen MR) is 200 cm³/mol. The fourth-order valence-corrected chi connectivity index (χ4v) is 8.33. The molecule has 16 nitrogen and oxygen atoms in total. The number of rotatable bonds is 15. The lowest BCUT2D eigenvalue weighted by atomic mass is 10.0. The average Bonchev–Trinajstić information content (AvgIpc) is 3.54. The van der Waals surface area contributed by atoms with Crippen molar-refractivity contribution < 1.29 is 41.9 Å². The molecule has 0 unspecified atom stereocenters. The van der Waals surface area contributed by atoms with E-state index in [1.807, 2.05) is 36.4 Å². The van der Waals surface area contributed by atoms with Gasteiger partial charge in [0.05, 0.1) is 12.0 Å². The summed E-state index contributed by atoms with van der Waals surface area (Å²) >= 11 is 1.10. The molecule has 294 valence electrons. The number of aromatic nitrogens is 1. The van der Waals surface area contributed by atoms with Gasteiger partial charge in [0, 0.05) is 31.1 Å². The third-order valence-corrected chi connectivity index (χ3v) is 11.4.